The maximum absolute atomic E-state index is 6.12. The summed E-state index contributed by atoms with van der Waals surface area (Å²) in [5, 5.41) is 0. The molecule has 1 unspecified atom stereocenters. The van der Waals surface area contributed by atoms with Crippen LogP contribution in [0.2, 0.25) is 0 Å². The van der Waals surface area contributed by atoms with Gasteiger partial charge in [-0.2, -0.15) is 0 Å². The molecule has 0 aromatic heterocycles. The Hall–Kier alpha value is -0.900. The van der Waals surface area contributed by atoms with Gasteiger partial charge in [0.1, 0.15) is 0 Å². The zero-order valence-corrected chi connectivity index (χ0v) is 11.9. The maximum Gasteiger partial charge on any atom is 0.0470 e. The number of hydrogen-bond acceptors (Lipinski definition) is 3. The smallest absolute Gasteiger partial charge is 0.0470 e. The monoisotopic (exact) mass is 259 g/mol. The number of hydrogen-bond donors (Lipinski definition) is 1. The van der Waals surface area contributed by atoms with Gasteiger partial charge in [-0.05, 0) is 31.9 Å². The van der Waals surface area contributed by atoms with Gasteiger partial charge >= 0.3 is 0 Å². The average Bonchev–Trinajstić information content (AvgIpc) is 3.21. The van der Waals surface area contributed by atoms with Crippen LogP contribution in [-0.2, 0) is 6.54 Å². The van der Waals surface area contributed by atoms with Crippen molar-refractivity contribution in [3.05, 3.63) is 35.9 Å². The summed E-state index contributed by atoms with van der Waals surface area (Å²) in [5.74, 6) is 0. The lowest BCUT2D eigenvalue weighted by atomic mass is 9.96. The third-order valence-electron chi connectivity index (χ3n) is 4.88. The van der Waals surface area contributed by atoms with Crippen LogP contribution in [0.4, 0.5) is 0 Å². The van der Waals surface area contributed by atoms with Crippen molar-refractivity contribution in [2.75, 3.05) is 26.7 Å². The van der Waals surface area contributed by atoms with E-state index in [4.69, 9.17) is 5.73 Å². The molecule has 0 radical (unpaired) electrons. The topological polar surface area (TPSA) is 32.5 Å². The predicted molar refractivity (Wildman–Crippen MR) is 78.9 cm³/mol. The number of benzene rings is 1. The molecule has 1 aromatic carbocycles. The van der Waals surface area contributed by atoms with E-state index in [1.165, 1.54) is 31.4 Å². The number of nitrogens with zero attached hydrogens (tertiary/aromatic N) is 2. The summed E-state index contributed by atoms with van der Waals surface area (Å²) in [6.45, 7) is 4.13. The van der Waals surface area contributed by atoms with E-state index in [0.717, 1.165) is 25.7 Å². The summed E-state index contributed by atoms with van der Waals surface area (Å²) >= 11 is 0. The van der Waals surface area contributed by atoms with E-state index in [1.54, 1.807) is 0 Å². The maximum atomic E-state index is 6.12. The van der Waals surface area contributed by atoms with Crippen LogP contribution >= 0.6 is 0 Å². The first-order chi connectivity index (χ1) is 9.23. The first kappa shape index (κ1) is 13.1. The molecule has 1 heterocycles. The van der Waals surface area contributed by atoms with Gasteiger partial charge in [-0.25, -0.2) is 0 Å². The molecule has 2 N–H and O–H groups in total. The van der Waals surface area contributed by atoms with Crippen LogP contribution in [0.25, 0.3) is 0 Å². The van der Waals surface area contributed by atoms with Gasteiger partial charge in [-0.3, -0.25) is 9.80 Å². The van der Waals surface area contributed by atoms with E-state index in [0.29, 0.717) is 0 Å². The van der Waals surface area contributed by atoms with Crippen LogP contribution in [0.3, 0.4) is 0 Å². The molecular formula is C16H25N3. The summed E-state index contributed by atoms with van der Waals surface area (Å²) in [7, 11) is 2.27. The van der Waals surface area contributed by atoms with Gasteiger partial charge in [-0.1, -0.05) is 30.3 Å². The van der Waals surface area contributed by atoms with Crippen LogP contribution in [0, 0.1) is 0 Å². The van der Waals surface area contributed by atoms with Gasteiger partial charge in [0.25, 0.3) is 0 Å². The number of likely N-dealkylation sites (N-methyl/N-ethyl adjacent to an activating group) is 1. The second-order valence-corrected chi connectivity index (χ2v) is 6.22. The fourth-order valence-corrected chi connectivity index (χ4v) is 3.36. The molecule has 1 aromatic rings. The second-order valence-electron chi connectivity index (χ2n) is 6.22. The first-order valence-electron chi connectivity index (χ1n) is 7.43. The van der Waals surface area contributed by atoms with Crippen LogP contribution in [-0.4, -0.2) is 48.1 Å². The molecule has 3 nitrogen and oxygen atoms in total. The quantitative estimate of drug-likeness (QED) is 0.873. The Balaban J connectivity index is 1.64. The molecule has 2 aliphatic rings. The van der Waals surface area contributed by atoms with Crippen molar-refractivity contribution in [2.45, 2.75) is 37.4 Å². The zero-order chi connectivity index (χ0) is 13.3. The molecule has 2 fully saturated rings. The normalized spacial score (nSPS) is 28.2. The molecule has 1 atom stereocenters. The molecule has 0 spiro atoms. The lowest BCUT2D eigenvalue weighted by Crippen LogP contribution is -2.54. The SMILES string of the molecule is CN(C1CC1)C1(CN)CCN(Cc2ccccc2)C1. The predicted octanol–water partition coefficient (Wildman–Crippen LogP) is 1.68. The fraction of sp³-hybridized carbons (Fsp3) is 0.625. The van der Waals surface area contributed by atoms with E-state index in [9.17, 15) is 0 Å². The molecule has 1 aliphatic heterocycles. The Morgan fingerprint density at radius 3 is 2.68 bits per heavy atom. The Morgan fingerprint density at radius 1 is 1.32 bits per heavy atom. The van der Waals surface area contributed by atoms with Crippen molar-refractivity contribution < 1.29 is 0 Å². The summed E-state index contributed by atoms with van der Waals surface area (Å²) < 4.78 is 0. The molecule has 104 valence electrons. The highest BCUT2D eigenvalue weighted by Crippen LogP contribution is 2.36. The number of nitrogens with two attached hydrogens (primary N) is 1. The number of likely N-dealkylation sites (tertiary alicyclic amines) is 1. The molecule has 1 saturated heterocycles. The van der Waals surface area contributed by atoms with Crippen molar-refractivity contribution in [3.63, 3.8) is 0 Å². The van der Waals surface area contributed by atoms with Crippen LogP contribution < -0.4 is 5.73 Å². The molecular weight excluding hydrogens is 234 g/mol. The van der Waals surface area contributed by atoms with Gasteiger partial charge in [0, 0.05) is 37.8 Å². The molecule has 0 bridgehead atoms. The summed E-state index contributed by atoms with van der Waals surface area (Å²) in [6.07, 6.45) is 3.93. The van der Waals surface area contributed by atoms with E-state index in [2.05, 4.69) is 47.2 Å². The Bertz CT molecular complexity index is 415. The van der Waals surface area contributed by atoms with Gasteiger partial charge in [0.05, 0.1) is 0 Å². The highest BCUT2D eigenvalue weighted by atomic mass is 15.3. The lowest BCUT2D eigenvalue weighted by Gasteiger charge is -2.38. The fourth-order valence-electron chi connectivity index (χ4n) is 3.36. The van der Waals surface area contributed by atoms with Crippen LogP contribution in [0.1, 0.15) is 24.8 Å². The average molecular weight is 259 g/mol. The van der Waals surface area contributed by atoms with Crippen molar-refractivity contribution in [3.8, 4) is 0 Å². The van der Waals surface area contributed by atoms with Gasteiger partial charge < -0.3 is 5.73 Å². The minimum atomic E-state index is 0.218. The standard InChI is InChI=1S/C16H25N3/c1-18(15-7-8-15)16(12-17)9-10-19(13-16)11-14-5-3-2-4-6-14/h2-6,15H,7-13,17H2,1H3. The highest BCUT2D eigenvalue weighted by molar-refractivity contribution is 5.15. The number of rotatable bonds is 5. The van der Waals surface area contributed by atoms with Gasteiger partial charge in [-0.15, -0.1) is 0 Å². The Morgan fingerprint density at radius 2 is 2.05 bits per heavy atom. The molecule has 0 amide bonds. The Labute approximate surface area is 116 Å². The van der Waals surface area contributed by atoms with Gasteiger partial charge in [0.2, 0.25) is 0 Å². The van der Waals surface area contributed by atoms with E-state index in [-0.39, 0.29) is 5.54 Å². The summed E-state index contributed by atoms with van der Waals surface area (Å²) in [5.41, 5.74) is 7.75. The van der Waals surface area contributed by atoms with Crippen molar-refractivity contribution in [2.24, 2.45) is 5.73 Å². The van der Waals surface area contributed by atoms with Crippen molar-refractivity contribution in [1.82, 2.24) is 9.80 Å². The van der Waals surface area contributed by atoms with E-state index < -0.39 is 0 Å². The van der Waals surface area contributed by atoms with Gasteiger partial charge in [0.15, 0.2) is 0 Å². The largest absolute Gasteiger partial charge is 0.329 e. The minimum absolute atomic E-state index is 0.218. The summed E-state index contributed by atoms with van der Waals surface area (Å²) in [6, 6.07) is 11.6. The van der Waals surface area contributed by atoms with Crippen molar-refractivity contribution >= 4 is 0 Å². The molecule has 3 heteroatoms. The van der Waals surface area contributed by atoms with Crippen molar-refractivity contribution in [1.29, 1.82) is 0 Å². The van der Waals surface area contributed by atoms with E-state index >= 15 is 0 Å². The molecule has 1 saturated carbocycles. The third kappa shape index (κ3) is 2.69. The highest BCUT2D eigenvalue weighted by Gasteiger charge is 2.45. The second kappa shape index (κ2) is 5.23. The molecule has 1 aliphatic carbocycles. The van der Waals surface area contributed by atoms with Crippen LogP contribution in [0.15, 0.2) is 30.3 Å². The lowest BCUT2D eigenvalue weighted by molar-refractivity contribution is 0.120. The third-order valence-corrected chi connectivity index (χ3v) is 4.88. The minimum Gasteiger partial charge on any atom is -0.329 e. The zero-order valence-electron chi connectivity index (χ0n) is 11.9. The van der Waals surface area contributed by atoms with Crippen LogP contribution in [0.5, 0.6) is 0 Å². The first-order valence-corrected chi connectivity index (χ1v) is 7.43. The molecule has 19 heavy (non-hydrogen) atoms. The summed E-state index contributed by atoms with van der Waals surface area (Å²) in [4.78, 5) is 5.12. The Kier molecular flexibility index (Phi) is 3.61. The molecule has 3 rings (SSSR count). The van der Waals surface area contributed by atoms with E-state index in [1.807, 2.05) is 0 Å².